The van der Waals surface area contributed by atoms with E-state index in [1.54, 1.807) is 0 Å². The Kier molecular flexibility index (Phi) is 4.31. The lowest BCUT2D eigenvalue weighted by atomic mass is 10.0. The van der Waals surface area contributed by atoms with Crippen molar-refractivity contribution in [1.29, 1.82) is 0 Å². The van der Waals surface area contributed by atoms with Gasteiger partial charge in [0.25, 0.3) is 0 Å². The van der Waals surface area contributed by atoms with Gasteiger partial charge in [-0.2, -0.15) is 0 Å². The molecule has 0 radical (unpaired) electrons. The molecule has 2 heteroatoms. The lowest BCUT2D eigenvalue weighted by Gasteiger charge is -2.13. The molecule has 0 bridgehead atoms. The van der Waals surface area contributed by atoms with E-state index in [1.807, 2.05) is 0 Å². The molecule has 0 saturated carbocycles. The van der Waals surface area contributed by atoms with Gasteiger partial charge in [0.1, 0.15) is 12.4 Å². The fraction of sp³-hybridized carbons (Fsp3) is 0.294. The lowest BCUT2D eigenvalue weighted by molar-refractivity contribution is 0.304. The van der Waals surface area contributed by atoms with Crippen molar-refractivity contribution in [3.05, 3.63) is 62.6 Å². The summed E-state index contributed by atoms with van der Waals surface area (Å²) in [6.07, 6.45) is 0. The molecule has 0 heterocycles. The highest BCUT2D eigenvalue weighted by atomic mass is 79.9. The molecule has 0 saturated heterocycles. The van der Waals surface area contributed by atoms with Gasteiger partial charge in [-0.25, -0.2) is 0 Å². The van der Waals surface area contributed by atoms with Crippen molar-refractivity contribution >= 4 is 15.9 Å². The number of rotatable bonds is 3. The van der Waals surface area contributed by atoms with Crippen LogP contribution in [-0.4, -0.2) is 0 Å². The molecule has 2 rings (SSSR count). The first-order chi connectivity index (χ1) is 8.99. The largest absolute Gasteiger partial charge is 0.489 e. The number of benzene rings is 2. The van der Waals surface area contributed by atoms with Gasteiger partial charge in [-0.15, -0.1) is 0 Å². The second-order valence-corrected chi connectivity index (χ2v) is 5.82. The summed E-state index contributed by atoms with van der Waals surface area (Å²) in [5.74, 6) is 0.931. The molecule has 2 aromatic carbocycles. The Labute approximate surface area is 123 Å². The summed E-state index contributed by atoms with van der Waals surface area (Å²) in [5.41, 5.74) is 6.25. The van der Waals surface area contributed by atoms with Crippen molar-refractivity contribution in [2.24, 2.45) is 0 Å². The van der Waals surface area contributed by atoms with Crippen LogP contribution in [0.2, 0.25) is 0 Å². The summed E-state index contributed by atoms with van der Waals surface area (Å²) in [5, 5.41) is 0. The van der Waals surface area contributed by atoms with Gasteiger partial charge < -0.3 is 4.74 Å². The fourth-order valence-corrected chi connectivity index (χ4v) is 2.45. The van der Waals surface area contributed by atoms with Crippen LogP contribution in [0.1, 0.15) is 27.8 Å². The molecule has 0 atom stereocenters. The molecule has 1 nitrogen and oxygen atoms in total. The van der Waals surface area contributed by atoms with E-state index in [0.29, 0.717) is 6.61 Å². The van der Waals surface area contributed by atoms with Gasteiger partial charge >= 0.3 is 0 Å². The molecule has 0 spiro atoms. The van der Waals surface area contributed by atoms with Gasteiger partial charge in [0.2, 0.25) is 0 Å². The molecule has 0 aliphatic carbocycles. The highest BCUT2D eigenvalue weighted by Gasteiger charge is 2.06. The van der Waals surface area contributed by atoms with Crippen molar-refractivity contribution in [2.75, 3.05) is 0 Å². The van der Waals surface area contributed by atoms with Crippen molar-refractivity contribution in [2.45, 2.75) is 34.3 Å². The zero-order valence-corrected chi connectivity index (χ0v) is 13.5. The predicted molar refractivity (Wildman–Crippen MR) is 83.9 cm³/mol. The molecule has 0 N–H and O–H groups in total. The maximum absolute atomic E-state index is 5.95. The van der Waals surface area contributed by atoms with Crippen LogP contribution >= 0.6 is 15.9 Å². The second kappa shape index (κ2) is 5.79. The van der Waals surface area contributed by atoms with Gasteiger partial charge in [-0.1, -0.05) is 34.1 Å². The molecule has 0 aliphatic heterocycles. The number of hydrogen-bond donors (Lipinski definition) is 0. The topological polar surface area (TPSA) is 9.23 Å². The van der Waals surface area contributed by atoms with Crippen molar-refractivity contribution in [1.82, 2.24) is 0 Å². The van der Waals surface area contributed by atoms with Crippen molar-refractivity contribution in [3.63, 3.8) is 0 Å². The number of halogens is 1. The smallest absolute Gasteiger partial charge is 0.120 e. The van der Waals surface area contributed by atoms with Crippen LogP contribution in [0.4, 0.5) is 0 Å². The highest BCUT2D eigenvalue weighted by molar-refractivity contribution is 9.10. The highest BCUT2D eigenvalue weighted by Crippen LogP contribution is 2.27. The molecule has 0 unspecified atom stereocenters. The summed E-state index contributed by atoms with van der Waals surface area (Å²) >= 11 is 3.58. The van der Waals surface area contributed by atoms with E-state index in [9.17, 15) is 0 Å². The Bertz CT molecular complexity index is 559. The molecule has 0 fully saturated rings. The van der Waals surface area contributed by atoms with Crippen molar-refractivity contribution < 1.29 is 4.74 Å². The van der Waals surface area contributed by atoms with Crippen LogP contribution < -0.4 is 4.74 Å². The van der Waals surface area contributed by atoms with E-state index in [1.165, 1.54) is 27.8 Å². The zero-order valence-electron chi connectivity index (χ0n) is 11.9. The maximum Gasteiger partial charge on any atom is 0.120 e. The molecule has 100 valence electrons. The zero-order chi connectivity index (χ0) is 14.0. The molecular weight excluding hydrogens is 300 g/mol. The van der Waals surface area contributed by atoms with Crippen molar-refractivity contribution in [3.8, 4) is 5.75 Å². The molecule has 19 heavy (non-hydrogen) atoms. The van der Waals surface area contributed by atoms with Gasteiger partial charge in [-0.05, 0) is 67.6 Å². The molecule has 0 aromatic heterocycles. The number of aryl methyl sites for hydroxylation is 4. The summed E-state index contributed by atoms with van der Waals surface area (Å²) in [7, 11) is 0. The van der Waals surface area contributed by atoms with Crippen LogP contribution in [0.15, 0.2) is 34.8 Å². The quantitative estimate of drug-likeness (QED) is 0.749. The van der Waals surface area contributed by atoms with Crippen LogP contribution in [0, 0.1) is 27.7 Å². The SMILES string of the molecule is Cc1cc(OCc2c(C)cccc2C)cc(C)c1Br. The summed E-state index contributed by atoms with van der Waals surface area (Å²) in [4.78, 5) is 0. The summed E-state index contributed by atoms with van der Waals surface area (Å²) in [6.45, 7) is 9.05. The van der Waals surface area contributed by atoms with E-state index < -0.39 is 0 Å². The summed E-state index contributed by atoms with van der Waals surface area (Å²) < 4.78 is 7.11. The fourth-order valence-electron chi connectivity index (χ4n) is 2.22. The minimum atomic E-state index is 0.624. The van der Waals surface area contributed by atoms with E-state index in [4.69, 9.17) is 4.74 Å². The van der Waals surface area contributed by atoms with E-state index >= 15 is 0 Å². The first-order valence-electron chi connectivity index (χ1n) is 6.43. The average Bonchev–Trinajstić information content (AvgIpc) is 2.35. The number of ether oxygens (including phenoxy) is 1. The third-order valence-electron chi connectivity index (χ3n) is 3.44. The Morgan fingerprint density at radius 1 is 0.895 bits per heavy atom. The second-order valence-electron chi connectivity index (χ2n) is 5.03. The Morgan fingerprint density at radius 2 is 1.42 bits per heavy atom. The van der Waals surface area contributed by atoms with Crippen LogP contribution in [0.3, 0.4) is 0 Å². The first-order valence-corrected chi connectivity index (χ1v) is 7.23. The van der Waals surface area contributed by atoms with E-state index in [-0.39, 0.29) is 0 Å². The first kappa shape index (κ1) is 14.1. The van der Waals surface area contributed by atoms with Gasteiger partial charge in [0, 0.05) is 4.47 Å². The Hall–Kier alpha value is -1.28. The third-order valence-corrected chi connectivity index (χ3v) is 4.69. The van der Waals surface area contributed by atoms with Crippen LogP contribution in [-0.2, 0) is 6.61 Å². The minimum absolute atomic E-state index is 0.624. The Morgan fingerprint density at radius 3 is 1.95 bits per heavy atom. The molecule has 2 aromatic rings. The standard InChI is InChI=1S/C17H19BrO/c1-11-6-5-7-12(2)16(11)10-19-15-8-13(3)17(18)14(4)9-15/h5-9H,10H2,1-4H3. The average molecular weight is 319 g/mol. The lowest BCUT2D eigenvalue weighted by Crippen LogP contribution is -2.01. The minimum Gasteiger partial charge on any atom is -0.489 e. The van der Waals surface area contributed by atoms with Gasteiger partial charge in [0.05, 0.1) is 0 Å². The number of hydrogen-bond acceptors (Lipinski definition) is 1. The molecule has 0 amide bonds. The monoisotopic (exact) mass is 318 g/mol. The van der Waals surface area contributed by atoms with E-state index in [0.717, 1.165) is 10.2 Å². The molecular formula is C17H19BrO. The van der Waals surface area contributed by atoms with Crippen LogP contribution in [0.25, 0.3) is 0 Å². The maximum atomic E-state index is 5.95. The van der Waals surface area contributed by atoms with Gasteiger partial charge in [0.15, 0.2) is 0 Å². The Balaban J connectivity index is 2.19. The van der Waals surface area contributed by atoms with E-state index in [2.05, 4.69) is 74.0 Å². The summed E-state index contributed by atoms with van der Waals surface area (Å²) in [6, 6.07) is 10.5. The molecule has 0 aliphatic rings. The predicted octanol–water partition coefficient (Wildman–Crippen LogP) is 5.26. The third kappa shape index (κ3) is 3.19. The van der Waals surface area contributed by atoms with Gasteiger partial charge in [-0.3, -0.25) is 0 Å². The normalized spacial score (nSPS) is 10.6. The van der Waals surface area contributed by atoms with Crippen LogP contribution in [0.5, 0.6) is 5.75 Å².